The molecule has 0 spiro atoms. The van der Waals surface area contributed by atoms with Gasteiger partial charge in [-0.25, -0.2) is 14.1 Å². The number of carbonyl (C=O) groups is 1. The number of anilines is 2. The molecule has 10 heteroatoms. The fraction of sp³-hybridized carbons (Fsp3) is 0.343. The van der Waals surface area contributed by atoms with Gasteiger partial charge in [-0.2, -0.15) is 5.10 Å². The van der Waals surface area contributed by atoms with E-state index in [9.17, 15) is 9.18 Å². The summed E-state index contributed by atoms with van der Waals surface area (Å²) in [6.07, 6.45) is 12.0. The second kappa shape index (κ2) is 17.2. The van der Waals surface area contributed by atoms with Crippen molar-refractivity contribution in [2.24, 2.45) is 0 Å². The lowest BCUT2D eigenvalue weighted by Crippen LogP contribution is -2.08. The molecule has 0 saturated carbocycles. The summed E-state index contributed by atoms with van der Waals surface area (Å²) in [4.78, 5) is 20.8. The van der Waals surface area contributed by atoms with Crippen LogP contribution in [-0.2, 0) is 0 Å². The van der Waals surface area contributed by atoms with E-state index >= 15 is 0 Å². The van der Waals surface area contributed by atoms with Gasteiger partial charge in [0.05, 0.1) is 29.3 Å². The molecular formula is C35H45FN6O2S. The van der Waals surface area contributed by atoms with Gasteiger partial charge in [-0.15, -0.1) is 0 Å². The van der Waals surface area contributed by atoms with Crippen LogP contribution in [0.4, 0.5) is 15.9 Å². The zero-order chi connectivity index (χ0) is 32.9. The van der Waals surface area contributed by atoms with Gasteiger partial charge in [-0.1, -0.05) is 71.7 Å². The predicted octanol–water partition coefficient (Wildman–Crippen LogP) is 9.80. The first-order valence-corrected chi connectivity index (χ1v) is 16.7. The molecule has 0 bridgehead atoms. The summed E-state index contributed by atoms with van der Waals surface area (Å²) in [5, 5.41) is 5.28. The number of rotatable bonds is 11. The van der Waals surface area contributed by atoms with E-state index < -0.39 is 0 Å². The van der Waals surface area contributed by atoms with Gasteiger partial charge >= 0.3 is 0 Å². The highest BCUT2D eigenvalue weighted by Crippen LogP contribution is 2.29. The highest BCUT2D eigenvalue weighted by atomic mass is 32.2. The van der Waals surface area contributed by atoms with Crippen LogP contribution in [0.25, 0.3) is 16.6 Å². The molecule has 3 heterocycles. The Balaban J connectivity index is 0.000000544. The Kier molecular flexibility index (Phi) is 13.5. The maximum atomic E-state index is 13.3. The molecular weight excluding hydrogens is 587 g/mol. The van der Waals surface area contributed by atoms with Crippen LogP contribution in [0.3, 0.4) is 0 Å². The number of nitrogen functional groups attached to an aromatic ring is 1. The summed E-state index contributed by atoms with van der Waals surface area (Å²) in [6, 6.07) is 13.2. The van der Waals surface area contributed by atoms with E-state index in [2.05, 4.69) is 33.6 Å². The van der Waals surface area contributed by atoms with Crippen LogP contribution >= 0.6 is 11.9 Å². The number of fused-ring (bicyclic) bond motifs is 1. The van der Waals surface area contributed by atoms with Gasteiger partial charge in [-0.05, 0) is 67.4 Å². The number of carbonyl (C=O) groups excluding carboxylic acids is 1. The number of hydrogen-bond acceptors (Lipinski definition) is 7. The highest BCUT2D eigenvalue weighted by Gasteiger charge is 2.21. The van der Waals surface area contributed by atoms with Crippen molar-refractivity contribution < 1.29 is 13.9 Å². The maximum Gasteiger partial charge on any atom is 0.219 e. The first-order chi connectivity index (χ1) is 21.7. The van der Waals surface area contributed by atoms with Crippen LogP contribution < -0.4 is 15.2 Å². The van der Waals surface area contributed by atoms with Crippen LogP contribution in [0.15, 0.2) is 60.9 Å². The topological polar surface area (TPSA) is 111 Å². The first kappa shape index (κ1) is 35.2. The Bertz CT molecular complexity index is 1680. The lowest BCUT2D eigenvalue weighted by atomic mass is 10.1. The van der Waals surface area contributed by atoms with Crippen molar-refractivity contribution in [3.63, 3.8) is 0 Å². The molecule has 2 aromatic carbocycles. The van der Waals surface area contributed by atoms with Gasteiger partial charge in [-0.3, -0.25) is 4.79 Å². The summed E-state index contributed by atoms with van der Waals surface area (Å²) in [7, 11) is 0. The number of aryl methyl sites for hydroxylation is 2. The third-order valence-corrected chi connectivity index (χ3v) is 7.43. The molecule has 0 aliphatic rings. The third-order valence-electron chi connectivity index (χ3n) is 7.00. The fourth-order valence-electron chi connectivity index (χ4n) is 4.61. The summed E-state index contributed by atoms with van der Waals surface area (Å²) in [5.74, 6) is 0.410. The summed E-state index contributed by atoms with van der Waals surface area (Å²) in [6.45, 7) is 12.4. The molecule has 3 aromatic heterocycles. The normalized spacial score (nSPS) is 10.5. The monoisotopic (exact) mass is 632 g/mol. The minimum atomic E-state index is -0.346. The molecule has 0 fully saturated rings. The smallest absolute Gasteiger partial charge is 0.219 e. The number of H-pyrrole nitrogens is 1. The van der Waals surface area contributed by atoms with E-state index in [1.54, 1.807) is 12.3 Å². The SMILES string of the molecule is CC.CCCCCCC.CSNc1cc2[nH]c(C(=O)c3cnn(-c4cnc(Oc5ccc(F)cc5)cc4C)c3N)cc2cc1C. The summed E-state index contributed by atoms with van der Waals surface area (Å²) >= 11 is 1.51. The van der Waals surface area contributed by atoms with Crippen molar-refractivity contribution in [3.05, 3.63) is 89.1 Å². The molecule has 0 amide bonds. The van der Waals surface area contributed by atoms with Gasteiger partial charge in [0.1, 0.15) is 17.4 Å². The molecule has 0 atom stereocenters. The molecule has 0 aliphatic heterocycles. The number of halogens is 1. The van der Waals surface area contributed by atoms with Gasteiger partial charge in [0, 0.05) is 28.9 Å². The zero-order valence-electron chi connectivity index (χ0n) is 27.3. The number of pyridine rings is 1. The Labute approximate surface area is 270 Å². The van der Waals surface area contributed by atoms with E-state index in [1.165, 1.54) is 79.2 Å². The van der Waals surface area contributed by atoms with E-state index in [0.717, 1.165) is 27.7 Å². The van der Waals surface area contributed by atoms with E-state index in [-0.39, 0.29) is 23.0 Å². The largest absolute Gasteiger partial charge is 0.439 e. The Hall–Kier alpha value is -4.31. The molecule has 240 valence electrons. The summed E-state index contributed by atoms with van der Waals surface area (Å²) < 4.78 is 23.5. The molecule has 4 N–H and O–H groups in total. The fourth-order valence-corrected chi connectivity index (χ4v) is 5.05. The predicted molar refractivity (Wildman–Crippen MR) is 186 cm³/mol. The number of nitrogens with zero attached hydrogens (tertiary/aromatic N) is 3. The lowest BCUT2D eigenvalue weighted by Gasteiger charge is -2.10. The van der Waals surface area contributed by atoms with Crippen molar-refractivity contribution >= 4 is 40.1 Å². The second-order valence-electron chi connectivity index (χ2n) is 10.4. The number of nitrogens with two attached hydrogens (primary N) is 1. The third kappa shape index (κ3) is 9.11. The number of aromatic amines is 1. The Morgan fingerprint density at radius 2 is 1.69 bits per heavy atom. The number of nitrogens with one attached hydrogen (secondary N) is 2. The molecule has 45 heavy (non-hydrogen) atoms. The minimum absolute atomic E-state index is 0.205. The number of aromatic nitrogens is 4. The standard InChI is InChI=1S/C26H23FN6O2S.C7H16.C2H6/c1-14-8-16-10-22(31-21(16)11-20(14)32-36-3)25(34)19-12-30-33(26(19)28)23-13-29-24(9-15(23)2)35-18-6-4-17(27)5-7-18;1-3-5-7-6-4-2;1-2/h4-13,31-32H,28H2,1-3H3;3-7H2,1-2H3;1-2H3. The molecule has 8 nitrogen and oxygen atoms in total. The van der Waals surface area contributed by atoms with Crippen LogP contribution in [-0.4, -0.2) is 31.8 Å². The van der Waals surface area contributed by atoms with Crippen molar-refractivity contribution in [2.45, 2.75) is 73.6 Å². The van der Waals surface area contributed by atoms with E-state index in [0.29, 0.717) is 23.0 Å². The zero-order valence-corrected chi connectivity index (χ0v) is 28.1. The average Bonchev–Trinajstić information content (AvgIpc) is 3.63. The molecule has 0 saturated heterocycles. The summed E-state index contributed by atoms with van der Waals surface area (Å²) in [5.41, 5.74) is 11.4. The van der Waals surface area contributed by atoms with E-state index in [1.807, 2.05) is 52.1 Å². The second-order valence-corrected chi connectivity index (χ2v) is 11.0. The number of hydrogen-bond donors (Lipinski definition) is 3. The maximum absolute atomic E-state index is 13.3. The minimum Gasteiger partial charge on any atom is -0.439 e. The van der Waals surface area contributed by atoms with Crippen molar-refractivity contribution in [1.29, 1.82) is 0 Å². The lowest BCUT2D eigenvalue weighted by molar-refractivity contribution is 0.103. The highest BCUT2D eigenvalue weighted by molar-refractivity contribution is 7.99. The quantitative estimate of drug-likeness (QED) is 0.0755. The van der Waals surface area contributed by atoms with Gasteiger partial charge in [0.25, 0.3) is 0 Å². The van der Waals surface area contributed by atoms with Gasteiger partial charge in [0.15, 0.2) is 0 Å². The Morgan fingerprint density at radius 1 is 1.00 bits per heavy atom. The van der Waals surface area contributed by atoms with Crippen molar-refractivity contribution in [2.75, 3.05) is 16.7 Å². The Morgan fingerprint density at radius 3 is 2.31 bits per heavy atom. The molecule has 0 unspecified atom stereocenters. The van der Waals surface area contributed by atoms with Crippen molar-refractivity contribution in [1.82, 2.24) is 19.7 Å². The van der Waals surface area contributed by atoms with Crippen molar-refractivity contribution in [3.8, 4) is 17.3 Å². The molecule has 5 rings (SSSR count). The number of ether oxygens (including phenoxy) is 1. The van der Waals surface area contributed by atoms with Crippen LogP contribution in [0.2, 0.25) is 0 Å². The average molecular weight is 633 g/mol. The van der Waals surface area contributed by atoms with E-state index in [4.69, 9.17) is 10.5 Å². The molecule has 0 radical (unpaired) electrons. The van der Waals surface area contributed by atoms with Crippen LogP contribution in [0, 0.1) is 19.7 Å². The van der Waals surface area contributed by atoms with Crippen LogP contribution in [0.1, 0.15) is 87.0 Å². The molecule has 5 aromatic rings. The van der Waals surface area contributed by atoms with Gasteiger partial charge in [0.2, 0.25) is 11.7 Å². The van der Waals surface area contributed by atoms with Crippen LogP contribution in [0.5, 0.6) is 11.6 Å². The number of unbranched alkanes of at least 4 members (excludes halogenated alkanes) is 4. The van der Waals surface area contributed by atoms with Gasteiger partial charge < -0.3 is 20.2 Å². The number of ketones is 1. The molecule has 0 aliphatic carbocycles. The number of benzene rings is 2. The first-order valence-electron chi connectivity index (χ1n) is 15.5.